The van der Waals surface area contributed by atoms with Gasteiger partial charge in [0.2, 0.25) is 5.91 Å². The SMILES string of the molecule is CCOCC(=O)N1Cc2ccnn2CC(CN(C)C)C1. The van der Waals surface area contributed by atoms with E-state index >= 15 is 0 Å². The first-order valence-electron chi connectivity index (χ1n) is 7.11. The fourth-order valence-corrected chi connectivity index (χ4v) is 2.64. The molecular formula is C14H24N4O2. The zero-order valence-electron chi connectivity index (χ0n) is 12.6. The van der Waals surface area contributed by atoms with E-state index in [2.05, 4.69) is 24.1 Å². The zero-order chi connectivity index (χ0) is 14.5. The Kier molecular flexibility index (Phi) is 5.14. The van der Waals surface area contributed by atoms with Crippen molar-refractivity contribution in [1.29, 1.82) is 0 Å². The molecule has 1 aromatic rings. The average Bonchev–Trinajstić information content (AvgIpc) is 2.74. The highest BCUT2D eigenvalue weighted by atomic mass is 16.5. The van der Waals surface area contributed by atoms with Gasteiger partial charge in [-0.05, 0) is 27.1 Å². The minimum absolute atomic E-state index is 0.0604. The molecule has 20 heavy (non-hydrogen) atoms. The average molecular weight is 280 g/mol. The molecule has 6 heteroatoms. The Bertz CT molecular complexity index is 444. The molecule has 1 amide bonds. The quantitative estimate of drug-likeness (QED) is 0.785. The number of carbonyl (C=O) groups excluding carboxylic acids is 1. The fraction of sp³-hybridized carbons (Fsp3) is 0.714. The molecule has 0 fully saturated rings. The summed E-state index contributed by atoms with van der Waals surface area (Å²) < 4.78 is 7.27. The van der Waals surface area contributed by atoms with Crippen LogP contribution in [0.1, 0.15) is 12.6 Å². The van der Waals surface area contributed by atoms with Gasteiger partial charge in [0.05, 0.1) is 12.2 Å². The van der Waals surface area contributed by atoms with Crippen LogP contribution in [0.15, 0.2) is 12.3 Å². The van der Waals surface area contributed by atoms with Gasteiger partial charge in [-0.1, -0.05) is 0 Å². The third kappa shape index (κ3) is 3.80. The van der Waals surface area contributed by atoms with Crippen LogP contribution in [-0.2, 0) is 22.6 Å². The molecule has 2 heterocycles. The van der Waals surface area contributed by atoms with Crippen molar-refractivity contribution in [2.24, 2.45) is 5.92 Å². The van der Waals surface area contributed by atoms with Crippen molar-refractivity contribution in [3.8, 4) is 0 Å². The number of aromatic nitrogens is 2. The molecular weight excluding hydrogens is 256 g/mol. The Labute approximate surface area is 120 Å². The van der Waals surface area contributed by atoms with Gasteiger partial charge in [-0.15, -0.1) is 0 Å². The lowest BCUT2D eigenvalue weighted by atomic mass is 10.1. The molecule has 1 aromatic heterocycles. The van der Waals surface area contributed by atoms with E-state index in [-0.39, 0.29) is 12.5 Å². The van der Waals surface area contributed by atoms with Crippen LogP contribution in [0.3, 0.4) is 0 Å². The van der Waals surface area contributed by atoms with Crippen molar-refractivity contribution in [2.75, 3.05) is 40.4 Å². The van der Waals surface area contributed by atoms with Crippen molar-refractivity contribution >= 4 is 5.91 Å². The smallest absolute Gasteiger partial charge is 0.248 e. The predicted octanol–water partition coefficient (Wildman–Crippen LogP) is 0.440. The van der Waals surface area contributed by atoms with Crippen LogP contribution in [0.4, 0.5) is 0 Å². The summed E-state index contributed by atoms with van der Waals surface area (Å²) >= 11 is 0. The maximum absolute atomic E-state index is 12.2. The molecule has 0 saturated carbocycles. The van der Waals surface area contributed by atoms with Crippen molar-refractivity contribution in [2.45, 2.75) is 20.0 Å². The normalized spacial score (nSPS) is 19.0. The summed E-state index contributed by atoms with van der Waals surface area (Å²) in [6, 6.07) is 1.99. The second-order valence-corrected chi connectivity index (χ2v) is 5.54. The minimum Gasteiger partial charge on any atom is -0.372 e. The van der Waals surface area contributed by atoms with Crippen LogP contribution in [0.25, 0.3) is 0 Å². The minimum atomic E-state index is 0.0604. The number of amides is 1. The van der Waals surface area contributed by atoms with Gasteiger partial charge in [0.15, 0.2) is 0 Å². The van der Waals surface area contributed by atoms with Crippen molar-refractivity contribution < 1.29 is 9.53 Å². The molecule has 112 valence electrons. The fourth-order valence-electron chi connectivity index (χ4n) is 2.64. The van der Waals surface area contributed by atoms with Gasteiger partial charge in [0, 0.05) is 38.4 Å². The van der Waals surface area contributed by atoms with E-state index in [9.17, 15) is 4.79 Å². The number of hydrogen-bond acceptors (Lipinski definition) is 4. The lowest BCUT2D eigenvalue weighted by Gasteiger charge is -2.25. The third-order valence-electron chi connectivity index (χ3n) is 3.47. The highest BCUT2D eigenvalue weighted by molar-refractivity contribution is 5.77. The molecule has 0 aliphatic carbocycles. The number of hydrogen-bond donors (Lipinski definition) is 0. The number of ether oxygens (including phenoxy) is 1. The van der Waals surface area contributed by atoms with Crippen LogP contribution >= 0.6 is 0 Å². The standard InChI is InChI=1S/C14H24N4O2/c1-4-20-11-14(19)17-8-12(7-16(2)3)9-18-13(10-17)5-6-15-18/h5-6,12H,4,7-11H2,1-3H3. The molecule has 2 rings (SSSR count). The lowest BCUT2D eigenvalue weighted by Crippen LogP contribution is -2.39. The van der Waals surface area contributed by atoms with E-state index < -0.39 is 0 Å². The predicted molar refractivity (Wildman–Crippen MR) is 76.2 cm³/mol. The van der Waals surface area contributed by atoms with Crippen molar-refractivity contribution in [3.05, 3.63) is 18.0 Å². The highest BCUT2D eigenvalue weighted by Crippen LogP contribution is 2.16. The van der Waals surface area contributed by atoms with E-state index in [1.54, 1.807) is 6.20 Å². The van der Waals surface area contributed by atoms with Crippen LogP contribution < -0.4 is 0 Å². The van der Waals surface area contributed by atoms with Gasteiger partial charge in [0.1, 0.15) is 6.61 Å². The van der Waals surface area contributed by atoms with Crippen LogP contribution in [0.5, 0.6) is 0 Å². The molecule has 6 nitrogen and oxygen atoms in total. The monoisotopic (exact) mass is 280 g/mol. The Morgan fingerprint density at radius 2 is 2.30 bits per heavy atom. The van der Waals surface area contributed by atoms with E-state index in [0.29, 0.717) is 19.1 Å². The first kappa shape index (κ1) is 15.0. The summed E-state index contributed by atoms with van der Waals surface area (Å²) in [6.07, 6.45) is 1.80. The number of rotatable bonds is 5. The highest BCUT2D eigenvalue weighted by Gasteiger charge is 2.25. The van der Waals surface area contributed by atoms with E-state index in [0.717, 1.165) is 25.3 Å². The van der Waals surface area contributed by atoms with E-state index in [4.69, 9.17) is 4.74 Å². The molecule has 1 aliphatic rings. The molecule has 0 saturated heterocycles. The van der Waals surface area contributed by atoms with Crippen LogP contribution in [0.2, 0.25) is 0 Å². The summed E-state index contributed by atoms with van der Waals surface area (Å²) in [7, 11) is 4.11. The number of nitrogens with zero attached hydrogens (tertiary/aromatic N) is 4. The van der Waals surface area contributed by atoms with Gasteiger partial charge in [-0.25, -0.2) is 0 Å². The van der Waals surface area contributed by atoms with Gasteiger partial charge < -0.3 is 14.5 Å². The van der Waals surface area contributed by atoms with Crippen molar-refractivity contribution in [3.63, 3.8) is 0 Å². The van der Waals surface area contributed by atoms with Crippen LogP contribution in [-0.4, -0.2) is 65.9 Å². The van der Waals surface area contributed by atoms with Crippen LogP contribution in [0, 0.1) is 5.92 Å². The molecule has 1 atom stereocenters. The molecule has 0 spiro atoms. The summed E-state index contributed by atoms with van der Waals surface area (Å²) in [5, 5.41) is 4.36. The van der Waals surface area contributed by atoms with E-state index in [1.165, 1.54) is 0 Å². The Balaban J connectivity index is 2.10. The van der Waals surface area contributed by atoms with Gasteiger partial charge in [0.25, 0.3) is 0 Å². The first-order valence-corrected chi connectivity index (χ1v) is 7.11. The first-order chi connectivity index (χ1) is 9.60. The molecule has 0 radical (unpaired) electrons. The van der Waals surface area contributed by atoms with Gasteiger partial charge >= 0.3 is 0 Å². The maximum atomic E-state index is 12.2. The Hall–Kier alpha value is -1.40. The second kappa shape index (κ2) is 6.85. The Morgan fingerprint density at radius 1 is 1.50 bits per heavy atom. The maximum Gasteiger partial charge on any atom is 0.248 e. The van der Waals surface area contributed by atoms with E-state index in [1.807, 2.05) is 22.6 Å². The molecule has 0 N–H and O–H groups in total. The lowest BCUT2D eigenvalue weighted by molar-refractivity contribution is -0.137. The van der Waals surface area contributed by atoms with Gasteiger partial charge in [-0.2, -0.15) is 5.10 Å². The molecule has 1 unspecified atom stereocenters. The number of carbonyl (C=O) groups is 1. The number of fused-ring (bicyclic) bond motifs is 1. The summed E-state index contributed by atoms with van der Waals surface area (Å²) in [5.74, 6) is 0.446. The molecule has 1 aliphatic heterocycles. The largest absolute Gasteiger partial charge is 0.372 e. The topological polar surface area (TPSA) is 50.6 Å². The summed E-state index contributed by atoms with van der Waals surface area (Å²) in [4.78, 5) is 16.3. The molecule has 0 bridgehead atoms. The van der Waals surface area contributed by atoms with Crippen molar-refractivity contribution in [1.82, 2.24) is 19.6 Å². The molecule has 0 aromatic carbocycles. The summed E-state index contributed by atoms with van der Waals surface area (Å²) in [5.41, 5.74) is 1.09. The Morgan fingerprint density at radius 3 is 3.00 bits per heavy atom. The zero-order valence-corrected chi connectivity index (χ0v) is 12.6. The second-order valence-electron chi connectivity index (χ2n) is 5.54. The third-order valence-corrected chi connectivity index (χ3v) is 3.47. The summed E-state index contributed by atoms with van der Waals surface area (Å²) in [6.45, 7) is 5.82. The van der Waals surface area contributed by atoms with Gasteiger partial charge in [-0.3, -0.25) is 9.48 Å².